The van der Waals surface area contributed by atoms with Crippen LogP contribution in [-0.2, 0) is 9.53 Å². The van der Waals surface area contributed by atoms with Crippen LogP contribution < -0.4 is 0 Å². The molecule has 0 bridgehead atoms. The predicted octanol–water partition coefficient (Wildman–Crippen LogP) is 5.03. The molecular weight excluding hydrogens is 388 g/mol. The van der Waals surface area contributed by atoms with E-state index < -0.39 is 12.2 Å². The van der Waals surface area contributed by atoms with E-state index in [0.29, 0.717) is 42.6 Å². The minimum atomic E-state index is -0.637. The minimum Gasteiger partial charge on any atom is -0.459 e. The van der Waals surface area contributed by atoms with Crippen LogP contribution in [0.1, 0.15) is 71.6 Å². The van der Waals surface area contributed by atoms with Crippen LogP contribution in [0.15, 0.2) is 47.6 Å². The van der Waals surface area contributed by atoms with Crippen LogP contribution in [0, 0.1) is 23.2 Å². The van der Waals surface area contributed by atoms with Gasteiger partial charge in [0.15, 0.2) is 0 Å². The third-order valence-corrected chi connectivity index (χ3v) is 8.66. The van der Waals surface area contributed by atoms with Crippen LogP contribution in [0.25, 0.3) is 0 Å². The summed E-state index contributed by atoms with van der Waals surface area (Å²) in [4.78, 5) is 11.7. The zero-order valence-corrected chi connectivity index (χ0v) is 19.1. The highest BCUT2D eigenvalue weighted by atomic mass is 16.5. The molecule has 0 radical (unpaired) electrons. The van der Waals surface area contributed by atoms with Crippen molar-refractivity contribution >= 4 is 5.97 Å². The first-order valence-corrected chi connectivity index (χ1v) is 12.0. The van der Waals surface area contributed by atoms with Crippen LogP contribution in [0.2, 0.25) is 0 Å². The van der Waals surface area contributed by atoms with Gasteiger partial charge in [-0.3, -0.25) is 0 Å². The fraction of sp³-hybridized carbons (Fsp3) is 0.667. The van der Waals surface area contributed by atoms with E-state index in [9.17, 15) is 15.0 Å². The average Bonchev–Trinajstić information content (AvgIpc) is 3.22. The van der Waals surface area contributed by atoms with Gasteiger partial charge in [0.05, 0.1) is 12.2 Å². The number of carbonyl (C=O) groups is 1. The second-order valence-corrected chi connectivity index (χ2v) is 10.7. The SMILES string of the molecule is C=C1C[C@@H](C[C@@H](C)[C@H]2CC[C@H]3/C(=C/C=C4/C[C@@H](O)C[C@@H](O)C4=C)CCC[C@]23C)OC1=O. The number of aliphatic hydroxyl groups is 2. The summed E-state index contributed by atoms with van der Waals surface area (Å²) in [7, 11) is 0. The molecule has 4 rings (SSSR count). The molecule has 3 aliphatic carbocycles. The Bertz CT molecular complexity index is 805. The summed E-state index contributed by atoms with van der Waals surface area (Å²) < 4.78 is 5.52. The van der Waals surface area contributed by atoms with E-state index in [1.54, 1.807) is 0 Å². The molecule has 170 valence electrons. The number of fused-ring (bicyclic) bond motifs is 1. The summed E-state index contributed by atoms with van der Waals surface area (Å²) in [6, 6.07) is 0. The van der Waals surface area contributed by atoms with Crippen molar-refractivity contribution in [3.63, 3.8) is 0 Å². The number of carbonyl (C=O) groups excluding carboxylic acids is 1. The molecule has 31 heavy (non-hydrogen) atoms. The second-order valence-electron chi connectivity index (χ2n) is 10.7. The van der Waals surface area contributed by atoms with Gasteiger partial charge < -0.3 is 14.9 Å². The molecular formula is C27H38O4. The number of rotatable bonds is 4. The Labute approximate surface area is 186 Å². The Morgan fingerprint density at radius 1 is 1.23 bits per heavy atom. The first kappa shape index (κ1) is 22.5. The standard InChI is InChI=1S/C27H38O4/c1-16(12-22-13-17(2)26(30)31-22)23-9-10-24-19(6-5-11-27(23,24)4)7-8-20-14-21(28)15-25(29)18(20)3/h7-8,16,21-25,28-29H,2-3,5-6,9-15H2,1,4H3/b19-7+,20-8-/t16-,21-,22-,23-,24+,25-,27-/m1/s1. The largest absolute Gasteiger partial charge is 0.459 e. The lowest BCUT2D eigenvalue weighted by atomic mass is 9.60. The van der Waals surface area contributed by atoms with Crippen molar-refractivity contribution in [2.45, 2.75) is 89.9 Å². The molecule has 0 unspecified atom stereocenters. The first-order valence-electron chi connectivity index (χ1n) is 12.0. The highest BCUT2D eigenvalue weighted by molar-refractivity contribution is 5.89. The van der Waals surface area contributed by atoms with Crippen molar-refractivity contribution in [1.82, 2.24) is 0 Å². The number of cyclic esters (lactones) is 1. The molecule has 0 aromatic heterocycles. The van der Waals surface area contributed by atoms with Crippen LogP contribution in [0.5, 0.6) is 0 Å². The predicted molar refractivity (Wildman–Crippen MR) is 122 cm³/mol. The molecule has 1 saturated heterocycles. The normalized spacial score (nSPS) is 42.2. The van der Waals surface area contributed by atoms with Crippen molar-refractivity contribution in [1.29, 1.82) is 0 Å². The van der Waals surface area contributed by atoms with Gasteiger partial charge in [0, 0.05) is 18.4 Å². The number of ether oxygens (including phenoxy) is 1. The molecule has 3 saturated carbocycles. The highest BCUT2D eigenvalue weighted by Crippen LogP contribution is 2.60. The smallest absolute Gasteiger partial charge is 0.333 e. The van der Waals surface area contributed by atoms with Crippen molar-refractivity contribution < 1.29 is 19.7 Å². The second kappa shape index (κ2) is 8.71. The summed E-state index contributed by atoms with van der Waals surface area (Å²) in [5.41, 5.74) is 4.15. The Balaban J connectivity index is 1.48. The van der Waals surface area contributed by atoms with E-state index in [2.05, 4.69) is 39.2 Å². The van der Waals surface area contributed by atoms with Crippen LogP contribution in [-0.4, -0.2) is 34.5 Å². The maximum absolute atomic E-state index is 11.7. The van der Waals surface area contributed by atoms with Crippen LogP contribution in [0.4, 0.5) is 0 Å². The Kier molecular flexibility index (Phi) is 6.33. The van der Waals surface area contributed by atoms with Crippen molar-refractivity contribution in [2.24, 2.45) is 23.2 Å². The van der Waals surface area contributed by atoms with Crippen molar-refractivity contribution in [3.05, 3.63) is 47.6 Å². The molecule has 0 spiro atoms. The zero-order chi connectivity index (χ0) is 22.3. The van der Waals surface area contributed by atoms with Gasteiger partial charge in [0.1, 0.15) is 6.10 Å². The lowest BCUT2D eigenvalue weighted by molar-refractivity contribution is -0.139. The van der Waals surface area contributed by atoms with Gasteiger partial charge in [-0.1, -0.05) is 44.7 Å². The molecule has 4 fully saturated rings. The Morgan fingerprint density at radius 3 is 2.71 bits per heavy atom. The van der Waals surface area contributed by atoms with Crippen LogP contribution >= 0.6 is 0 Å². The van der Waals surface area contributed by atoms with E-state index in [1.807, 2.05) is 0 Å². The lowest BCUT2D eigenvalue weighted by Gasteiger charge is -2.44. The van der Waals surface area contributed by atoms with Gasteiger partial charge in [0.2, 0.25) is 0 Å². The molecule has 4 nitrogen and oxygen atoms in total. The molecule has 4 aliphatic rings. The molecule has 0 aromatic carbocycles. The average molecular weight is 427 g/mol. The topological polar surface area (TPSA) is 66.8 Å². The third kappa shape index (κ3) is 4.34. The molecule has 4 heteroatoms. The number of hydrogen-bond donors (Lipinski definition) is 2. The quantitative estimate of drug-likeness (QED) is 0.489. The number of esters is 1. The highest BCUT2D eigenvalue weighted by Gasteiger charge is 2.51. The van der Waals surface area contributed by atoms with Crippen molar-refractivity contribution in [2.75, 3.05) is 0 Å². The van der Waals surface area contributed by atoms with Gasteiger partial charge in [-0.05, 0) is 79.3 Å². The first-order chi connectivity index (χ1) is 14.7. The van der Waals surface area contributed by atoms with E-state index >= 15 is 0 Å². The molecule has 2 N–H and O–H groups in total. The number of aliphatic hydroxyl groups excluding tert-OH is 2. The van der Waals surface area contributed by atoms with E-state index in [4.69, 9.17) is 4.74 Å². The molecule has 0 aromatic rings. The molecule has 1 aliphatic heterocycles. The van der Waals surface area contributed by atoms with Crippen LogP contribution in [0.3, 0.4) is 0 Å². The molecule has 0 amide bonds. The Morgan fingerprint density at radius 2 is 2.00 bits per heavy atom. The maximum Gasteiger partial charge on any atom is 0.333 e. The monoisotopic (exact) mass is 426 g/mol. The zero-order valence-electron chi connectivity index (χ0n) is 19.1. The van der Waals surface area contributed by atoms with E-state index in [0.717, 1.165) is 24.0 Å². The summed E-state index contributed by atoms with van der Waals surface area (Å²) in [6.45, 7) is 12.7. The van der Waals surface area contributed by atoms with E-state index in [1.165, 1.54) is 31.3 Å². The van der Waals surface area contributed by atoms with Gasteiger partial charge >= 0.3 is 5.97 Å². The van der Waals surface area contributed by atoms with Gasteiger partial charge in [-0.2, -0.15) is 0 Å². The fourth-order valence-corrected chi connectivity index (χ4v) is 7.02. The fourth-order valence-electron chi connectivity index (χ4n) is 7.02. The lowest BCUT2D eigenvalue weighted by Crippen LogP contribution is -2.36. The maximum atomic E-state index is 11.7. The van der Waals surface area contributed by atoms with Crippen molar-refractivity contribution in [3.8, 4) is 0 Å². The summed E-state index contributed by atoms with van der Waals surface area (Å²) in [5, 5.41) is 20.2. The minimum absolute atomic E-state index is 0.00356. The molecule has 1 heterocycles. The van der Waals surface area contributed by atoms with Gasteiger partial charge in [0.25, 0.3) is 0 Å². The third-order valence-electron chi connectivity index (χ3n) is 8.66. The van der Waals surface area contributed by atoms with E-state index in [-0.39, 0.29) is 17.5 Å². The Hall–Kier alpha value is -1.65. The van der Waals surface area contributed by atoms with Gasteiger partial charge in [-0.25, -0.2) is 4.79 Å². The number of allylic oxidation sites excluding steroid dienone is 3. The van der Waals surface area contributed by atoms with Gasteiger partial charge in [-0.15, -0.1) is 0 Å². The summed E-state index contributed by atoms with van der Waals surface area (Å²) in [5.74, 6) is 1.51. The summed E-state index contributed by atoms with van der Waals surface area (Å²) in [6.07, 6.45) is 11.8. The number of hydrogen-bond acceptors (Lipinski definition) is 4. The molecule has 7 atom stereocenters. The summed E-state index contributed by atoms with van der Waals surface area (Å²) >= 11 is 0.